The molecule has 2 heteroatoms. The highest BCUT2D eigenvalue weighted by molar-refractivity contribution is 5.95. The number of ether oxygens (including phenoxy) is 1. The van der Waals surface area contributed by atoms with Gasteiger partial charge < -0.3 is 4.74 Å². The van der Waals surface area contributed by atoms with Gasteiger partial charge in [-0.05, 0) is 18.9 Å². The monoisotopic (exact) mass is 184 g/mol. The van der Waals surface area contributed by atoms with E-state index in [4.69, 9.17) is 4.74 Å². The van der Waals surface area contributed by atoms with Crippen LogP contribution in [0.3, 0.4) is 0 Å². The lowest BCUT2D eigenvalue weighted by atomic mass is 10.2. The van der Waals surface area contributed by atoms with Crippen molar-refractivity contribution in [2.24, 2.45) is 0 Å². The molecule has 0 aliphatic heterocycles. The molecule has 0 aliphatic rings. The summed E-state index contributed by atoms with van der Waals surface area (Å²) in [7, 11) is 0. The van der Waals surface area contributed by atoms with E-state index in [1.807, 2.05) is 0 Å². The standard InChI is InChI=1S/C11H20O2/c1-4-5-6-7-8-13-9-11(12)10(2)3/h2,4-9H2,1,3H3. The summed E-state index contributed by atoms with van der Waals surface area (Å²) in [5.74, 6) is 0.00971. The van der Waals surface area contributed by atoms with Crippen LogP contribution in [0, 0.1) is 0 Å². The topological polar surface area (TPSA) is 26.3 Å². The van der Waals surface area contributed by atoms with E-state index < -0.39 is 0 Å². The van der Waals surface area contributed by atoms with E-state index in [0.29, 0.717) is 12.2 Å². The van der Waals surface area contributed by atoms with Gasteiger partial charge in [0, 0.05) is 6.61 Å². The summed E-state index contributed by atoms with van der Waals surface area (Å²) in [5.41, 5.74) is 0.577. The number of carbonyl (C=O) groups excluding carboxylic acids is 1. The molecule has 0 aromatic rings. The third-order valence-electron chi connectivity index (χ3n) is 1.85. The molecule has 0 radical (unpaired) electrons. The van der Waals surface area contributed by atoms with E-state index in [1.54, 1.807) is 6.92 Å². The van der Waals surface area contributed by atoms with Crippen LogP contribution in [0.2, 0.25) is 0 Å². The van der Waals surface area contributed by atoms with Gasteiger partial charge in [-0.15, -0.1) is 0 Å². The second-order valence-electron chi connectivity index (χ2n) is 3.32. The predicted molar refractivity (Wildman–Crippen MR) is 54.8 cm³/mol. The van der Waals surface area contributed by atoms with Crippen molar-refractivity contribution in [3.05, 3.63) is 12.2 Å². The lowest BCUT2D eigenvalue weighted by molar-refractivity contribution is -0.119. The zero-order chi connectivity index (χ0) is 10.1. The van der Waals surface area contributed by atoms with Gasteiger partial charge >= 0.3 is 0 Å². The van der Waals surface area contributed by atoms with Crippen LogP contribution >= 0.6 is 0 Å². The summed E-state index contributed by atoms with van der Waals surface area (Å²) >= 11 is 0. The number of rotatable bonds is 8. The Hall–Kier alpha value is -0.630. The van der Waals surface area contributed by atoms with Crippen LogP contribution in [0.1, 0.15) is 39.5 Å². The summed E-state index contributed by atoms with van der Waals surface area (Å²) in [5, 5.41) is 0. The molecule has 0 saturated heterocycles. The fraction of sp³-hybridized carbons (Fsp3) is 0.727. The molecular weight excluding hydrogens is 164 g/mol. The van der Waals surface area contributed by atoms with Crippen LogP contribution < -0.4 is 0 Å². The Morgan fingerprint density at radius 3 is 2.54 bits per heavy atom. The first-order chi connectivity index (χ1) is 6.18. The molecule has 0 rings (SSSR count). The number of ketones is 1. The first kappa shape index (κ1) is 12.4. The Bertz CT molecular complexity index is 161. The maximum atomic E-state index is 11.0. The molecule has 0 fully saturated rings. The Kier molecular flexibility index (Phi) is 7.60. The quantitative estimate of drug-likeness (QED) is 0.428. The molecular formula is C11H20O2. The Labute approximate surface area is 81.0 Å². The van der Waals surface area contributed by atoms with E-state index >= 15 is 0 Å². The number of Topliss-reactive ketones (excluding diaryl/α,β-unsaturated/α-hetero) is 1. The van der Waals surface area contributed by atoms with Crippen molar-refractivity contribution in [3.8, 4) is 0 Å². The summed E-state index contributed by atoms with van der Waals surface area (Å²) in [4.78, 5) is 11.0. The normalized spacial score (nSPS) is 10.0. The molecule has 0 atom stereocenters. The van der Waals surface area contributed by atoms with Gasteiger partial charge in [-0.2, -0.15) is 0 Å². The van der Waals surface area contributed by atoms with Gasteiger partial charge in [0.2, 0.25) is 0 Å². The second-order valence-corrected chi connectivity index (χ2v) is 3.32. The van der Waals surface area contributed by atoms with Crippen LogP contribution in [-0.4, -0.2) is 19.0 Å². The highest BCUT2D eigenvalue weighted by Crippen LogP contribution is 1.99. The first-order valence-corrected chi connectivity index (χ1v) is 4.95. The fourth-order valence-corrected chi connectivity index (χ4v) is 0.919. The van der Waals surface area contributed by atoms with Crippen molar-refractivity contribution < 1.29 is 9.53 Å². The SMILES string of the molecule is C=C(C)C(=O)COCCCCCC. The minimum Gasteiger partial charge on any atom is -0.373 e. The predicted octanol–water partition coefficient (Wildman–Crippen LogP) is 2.73. The largest absolute Gasteiger partial charge is 0.373 e. The molecule has 76 valence electrons. The van der Waals surface area contributed by atoms with E-state index in [2.05, 4.69) is 13.5 Å². The number of carbonyl (C=O) groups is 1. The first-order valence-electron chi connectivity index (χ1n) is 4.95. The van der Waals surface area contributed by atoms with E-state index in [9.17, 15) is 4.79 Å². The van der Waals surface area contributed by atoms with Gasteiger partial charge in [-0.25, -0.2) is 0 Å². The van der Waals surface area contributed by atoms with Crippen molar-refractivity contribution in [2.45, 2.75) is 39.5 Å². The minimum absolute atomic E-state index is 0.00971. The summed E-state index contributed by atoms with van der Waals surface area (Å²) in [6.45, 7) is 8.33. The molecule has 0 unspecified atom stereocenters. The third kappa shape index (κ3) is 7.72. The minimum atomic E-state index is 0.00971. The molecule has 0 heterocycles. The van der Waals surface area contributed by atoms with Gasteiger partial charge in [0.15, 0.2) is 5.78 Å². The molecule has 2 nitrogen and oxygen atoms in total. The van der Waals surface area contributed by atoms with Crippen LogP contribution in [0.4, 0.5) is 0 Å². The van der Waals surface area contributed by atoms with Crippen molar-refractivity contribution >= 4 is 5.78 Å². The van der Waals surface area contributed by atoms with Crippen LogP contribution in [0.5, 0.6) is 0 Å². The Balaban J connectivity index is 3.16. The second kappa shape index (κ2) is 7.99. The highest BCUT2D eigenvalue weighted by Gasteiger charge is 2.00. The number of unbranched alkanes of at least 4 members (excludes halogenated alkanes) is 3. The lowest BCUT2D eigenvalue weighted by Crippen LogP contribution is -2.09. The molecule has 0 amide bonds. The summed E-state index contributed by atoms with van der Waals surface area (Å²) in [6.07, 6.45) is 4.72. The smallest absolute Gasteiger partial charge is 0.183 e. The number of hydrogen-bond donors (Lipinski definition) is 0. The van der Waals surface area contributed by atoms with Gasteiger partial charge in [0.05, 0.1) is 0 Å². The maximum Gasteiger partial charge on any atom is 0.183 e. The molecule has 0 spiro atoms. The average molecular weight is 184 g/mol. The summed E-state index contributed by atoms with van der Waals surface area (Å²) < 4.78 is 5.19. The van der Waals surface area contributed by atoms with Crippen molar-refractivity contribution in [2.75, 3.05) is 13.2 Å². The summed E-state index contributed by atoms with van der Waals surface area (Å²) in [6, 6.07) is 0. The molecule has 0 bridgehead atoms. The molecule has 13 heavy (non-hydrogen) atoms. The van der Waals surface area contributed by atoms with Crippen LogP contribution in [-0.2, 0) is 9.53 Å². The van der Waals surface area contributed by atoms with E-state index in [0.717, 1.165) is 6.42 Å². The fourth-order valence-electron chi connectivity index (χ4n) is 0.919. The zero-order valence-electron chi connectivity index (χ0n) is 8.77. The van der Waals surface area contributed by atoms with Crippen LogP contribution in [0.25, 0.3) is 0 Å². The third-order valence-corrected chi connectivity index (χ3v) is 1.85. The van der Waals surface area contributed by atoms with Gasteiger partial charge in [-0.3, -0.25) is 4.79 Å². The lowest BCUT2D eigenvalue weighted by Gasteiger charge is -2.02. The van der Waals surface area contributed by atoms with Gasteiger partial charge in [-0.1, -0.05) is 32.8 Å². The average Bonchev–Trinajstić information content (AvgIpc) is 2.10. The van der Waals surface area contributed by atoms with E-state index in [1.165, 1.54) is 19.3 Å². The van der Waals surface area contributed by atoms with Crippen molar-refractivity contribution in [1.29, 1.82) is 0 Å². The Morgan fingerprint density at radius 2 is 2.00 bits per heavy atom. The molecule has 0 saturated carbocycles. The molecule has 0 aliphatic carbocycles. The molecule has 0 N–H and O–H groups in total. The Morgan fingerprint density at radius 1 is 1.31 bits per heavy atom. The van der Waals surface area contributed by atoms with Crippen molar-refractivity contribution in [1.82, 2.24) is 0 Å². The molecule has 0 aromatic carbocycles. The van der Waals surface area contributed by atoms with E-state index in [-0.39, 0.29) is 12.4 Å². The zero-order valence-corrected chi connectivity index (χ0v) is 8.77. The van der Waals surface area contributed by atoms with Gasteiger partial charge in [0.1, 0.15) is 6.61 Å². The molecule has 0 aromatic heterocycles. The number of hydrogen-bond acceptors (Lipinski definition) is 2. The maximum absolute atomic E-state index is 11.0. The van der Waals surface area contributed by atoms with Gasteiger partial charge in [0.25, 0.3) is 0 Å². The van der Waals surface area contributed by atoms with Crippen molar-refractivity contribution in [3.63, 3.8) is 0 Å². The highest BCUT2D eigenvalue weighted by atomic mass is 16.5. The van der Waals surface area contributed by atoms with Crippen LogP contribution in [0.15, 0.2) is 12.2 Å².